The summed E-state index contributed by atoms with van der Waals surface area (Å²) in [7, 11) is 1.48. The van der Waals surface area contributed by atoms with Crippen molar-refractivity contribution < 1.29 is 14.9 Å². The van der Waals surface area contributed by atoms with E-state index in [0.29, 0.717) is 5.75 Å². The number of guanidine groups is 1. The summed E-state index contributed by atoms with van der Waals surface area (Å²) in [6.45, 7) is 0. The van der Waals surface area contributed by atoms with Gasteiger partial charge in [0.05, 0.1) is 7.11 Å². The summed E-state index contributed by atoms with van der Waals surface area (Å²) in [5, 5.41) is 15.5. The number of methoxy groups -OCH3 is 1. The number of nitrogens with two attached hydrogens (primary N) is 2. The molecule has 1 rings (SSSR count). The molecular formula is C9H13N4O2+. The van der Waals surface area contributed by atoms with Crippen LogP contribution in [-0.4, -0.2) is 24.4 Å². The number of ether oxygens (including phenoxy) is 1. The summed E-state index contributed by atoms with van der Waals surface area (Å²) in [6, 6.07) is 4.90. The molecule has 6 heteroatoms. The van der Waals surface area contributed by atoms with Crippen molar-refractivity contribution in [2.75, 3.05) is 7.11 Å². The summed E-state index contributed by atoms with van der Waals surface area (Å²) < 4.78 is 4.89. The fourth-order valence-corrected chi connectivity index (χ4v) is 0.978. The van der Waals surface area contributed by atoms with Crippen LogP contribution in [0.5, 0.6) is 11.5 Å². The average molecular weight is 209 g/mol. The number of benzene rings is 1. The van der Waals surface area contributed by atoms with Crippen LogP contribution >= 0.6 is 0 Å². The minimum atomic E-state index is -0.0658. The quantitative estimate of drug-likeness (QED) is 0.264. The minimum absolute atomic E-state index is 0.0535. The lowest BCUT2D eigenvalue weighted by Crippen LogP contribution is -2.63. The van der Waals surface area contributed by atoms with E-state index >= 15 is 0 Å². The number of phenolic OH excluding ortho intramolecular Hbond substituents is 1. The molecule has 1 aromatic rings. The van der Waals surface area contributed by atoms with Crippen molar-refractivity contribution >= 4 is 12.2 Å². The maximum atomic E-state index is 9.44. The average Bonchev–Trinajstić information content (AvgIpc) is 2.17. The minimum Gasteiger partial charge on any atom is -0.504 e. The zero-order valence-corrected chi connectivity index (χ0v) is 8.27. The SMILES string of the molecule is COc1ccc(/C=[NH+]\N=C(N)N)cc1O. The number of phenols is 1. The molecule has 0 unspecified atom stereocenters. The molecule has 0 spiro atoms. The number of hydrogen-bond acceptors (Lipinski definition) is 3. The first-order valence-electron chi connectivity index (χ1n) is 4.18. The molecule has 0 heterocycles. The smallest absolute Gasteiger partial charge is 0.256 e. The van der Waals surface area contributed by atoms with Gasteiger partial charge in [0.15, 0.2) is 11.5 Å². The Morgan fingerprint density at radius 3 is 2.80 bits per heavy atom. The second-order valence-electron chi connectivity index (χ2n) is 2.74. The first-order valence-corrected chi connectivity index (χ1v) is 4.18. The second kappa shape index (κ2) is 4.85. The molecule has 0 atom stereocenters. The van der Waals surface area contributed by atoms with Crippen LogP contribution in [-0.2, 0) is 0 Å². The fraction of sp³-hybridized carbons (Fsp3) is 0.111. The summed E-state index contributed by atoms with van der Waals surface area (Å²) in [5.41, 5.74) is 10.9. The van der Waals surface area contributed by atoms with Crippen LogP contribution in [0.25, 0.3) is 0 Å². The number of hydrogen-bond donors (Lipinski definition) is 4. The Balaban J connectivity index is 2.84. The van der Waals surface area contributed by atoms with Crippen LogP contribution in [0.2, 0.25) is 0 Å². The molecule has 0 aliphatic carbocycles. The van der Waals surface area contributed by atoms with Crippen LogP contribution < -0.4 is 21.3 Å². The van der Waals surface area contributed by atoms with E-state index in [1.165, 1.54) is 13.2 Å². The Morgan fingerprint density at radius 2 is 2.27 bits per heavy atom. The maximum Gasteiger partial charge on any atom is 0.256 e. The van der Waals surface area contributed by atoms with Crippen molar-refractivity contribution in [2.24, 2.45) is 16.6 Å². The van der Waals surface area contributed by atoms with Gasteiger partial charge in [-0.3, -0.25) is 0 Å². The van der Waals surface area contributed by atoms with Gasteiger partial charge < -0.3 is 21.3 Å². The van der Waals surface area contributed by atoms with E-state index in [0.717, 1.165) is 5.56 Å². The Hall–Kier alpha value is -2.24. The lowest BCUT2D eigenvalue weighted by atomic mass is 10.2. The largest absolute Gasteiger partial charge is 0.504 e. The molecule has 15 heavy (non-hydrogen) atoms. The summed E-state index contributed by atoms with van der Waals surface area (Å²) in [5.74, 6) is 0.399. The van der Waals surface area contributed by atoms with Crippen LogP contribution in [0.15, 0.2) is 23.3 Å². The maximum absolute atomic E-state index is 9.44. The number of hydrazone groups is 1. The van der Waals surface area contributed by atoms with Crippen molar-refractivity contribution in [3.8, 4) is 11.5 Å². The van der Waals surface area contributed by atoms with E-state index in [4.69, 9.17) is 16.2 Å². The van der Waals surface area contributed by atoms with Gasteiger partial charge in [0.25, 0.3) is 5.96 Å². The van der Waals surface area contributed by atoms with Crippen LogP contribution in [0.1, 0.15) is 5.56 Å². The van der Waals surface area contributed by atoms with E-state index in [1.807, 2.05) is 0 Å². The highest BCUT2D eigenvalue weighted by Crippen LogP contribution is 2.25. The zero-order chi connectivity index (χ0) is 11.3. The Bertz CT molecular complexity index is 397. The van der Waals surface area contributed by atoms with Crippen molar-refractivity contribution in [3.63, 3.8) is 0 Å². The molecule has 6 N–H and O–H groups in total. The summed E-state index contributed by atoms with van der Waals surface area (Å²) in [4.78, 5) is 0. The second-order valence-corrected chi connectivity index (χ2v) is 2.74. The highest BCUT2D eigenvalue weighted by Gasteiger charge is 2.01. The Kier molecular flexibility index (Phi) is 3.50. The first kappa shape index (κ1) is 10.8. The molecule has 1 aromatic carbocycles. The predicted molar refractivity (Wildman–Crippen MR) is 56.6 cm³/mol. The normalized spacial score (nSPS) is 10.2. The van der Waals surface area contributed by atoms with Crippen LogP contribution in [0, 0.1) is 0 Å². The topological polar surface area (TPSA) is 108 Å². The number of aromatic hydroxyl groups is 1. The molecular weight excluding hydrogens is 196 g/mol. The molecule has 0 bridgehead atoms. The molecule has 0 aliphatic heterocycles. The van der Waals surface area contributed by atoms with Crippen molar-refractivity contribution in [1.82, 2.24) is 0 Å². The lowest BCUT2D eigenvalue weighted by molar-refractivity contribution is -0.456. The van der Waals surface area contributed by atoms with E-state index in [9.17, 15) is 5.11 Å². The van der Waals surface area contributed by atoms with Gasteiger partial charge in [-0.1, -0.05) is 0 Å². The van der Waals surface area contributed by atoms with E-state index < -0.39 is 0 Å². The fourth-order valence-electron chi connectivity index (χ4n) is 0.978. The standard InChI is InChI=1S/C9H12N4O2/c1-15-8-3-2-6(4-7(8)14)5-12-13-9(10)11/h2-5,14H,1H3,(H4,10,11,13)/p+1/b12-5-. The summed E-state index contributed by atoms with van der Waals surface area (Å²) >= 11 is 0. The Morgan fingerprint density at radius 1 is 1.53 bits per heavy atom. The van der Waals surface area contributed by atoms with Gasteiger partial charge in [0.1, 0.15) is 0 Å². The Labute approximate surface area is 86.9 Å². The van der Waals surface area contributed by atoms with Crippen LogP contribution in [0.3, 0.4) is 0 Å². The van der Waals surface area contributed by atoms with Gasteiger partial charge in [-0.05, 0) is 18.2 Å². The van der Waals surface area contributed by atoms with E-state index in [2.05, 4.69) is 10.2 Å². The number of rotatable bonds is 3. The van der Waals surface area contributed by atoms with E-state index in [-0.39, 0.29) is 11.7 Å². The van der Waals surface area contributed by atoms with Crippen LogP contribution in [0.4, 0.5) is 0 Å². The number of nitrogens with zero attached hydrogens (tertiary/aromatic N) is 1. The third-order valence-corrected chi connectivity index (χ3v) is 1.63. The van der Waals surface area contributed by atoms with Gasteiger partial charge >= 0.3 is 0 Å². The van der Waals surface area contributed by atoms with Gasteiger partial charge in [-0.2, -0.15) is 0 Å². The molecule has 0 fully saturated rings. The van der Waals surface area contributed by atoms with Crippen molar-refractivity contribution in [1.29, 1.82) is 0 Å². The van der Waals surface area contributed by atoms with Gasteiger partial charge in [-0.25, -0.2) is 0 Å². The lowest BCUT2D eigenvalue weighted by Gasteiger charge is -2.01. The predicted octanol–water partition coefficient (Wildman–Crippen LogP) is -1.91. The summed E-state index contributed by atoms with van der Waals surface area (Å²) in [6.07, 6.45) is 1.54. The highest BCUT2D eigenvalue weighted by atomic mass is 16.5. The molecule has 0 saturated heterocycles. The third-order valence-electron chi connectivity index (χ3n) is 1.63. The van der Waals surface area contributed by atoms with Gasteiger partial charge in [-0.15, -0.1) is 5.10 Å². The first-order chi connectivity index (χ1) is 7.13. The molecule has 80 valence electrons. The van der Waals surface area contributed by atoms with Crippen molar-refractivity contribution in [3.05, 3.63) is 23.8 Å². The molecule has 6 nitrogen and oxygen atoms in total. The van der Waals surface area contributed by atoms with E-state index in [1.54, 1.807) is 18.3 Å². The third kappa shape index (κ3) is 3.18. The molecule has 0 aliphatic rings. The highest BCUT2D eigenvalue weighted by molar-refractivity contribution is 5.77. The zero-order valence-electron chi connectivity index (χ0n) is 8.27. The molecule has 0 aromatic heterocycles. The molecule has 0 radical (unpaired) electrons. The number of nitrogens with one attached hydrogen (secondary N) is 1. The molecule has 0 amide bonds. The van der Waals surface area contributed by atoms with Gasteiger partial charge in [0.2, 0.25) is 6.21 Å². The monoisotopic (exact) mass is 209 g/mol. The molecule has 0 saturated carbocycles. The van der Waals surface area contributed by atoms with Gasteiger partial charge in [0, 0.05) is 10.7 Å². The van der Waals surface area contributed by atoms with Crippen molar-refractivity contribution in [2.45, 2.75) is 0 Å².